The Hall–Kier alpha value is -2.68. The van der Waals surface area contributed by atoms with Crippen LogP contribution in [-0.4, -0.2) is 19.3 Å². The molecule has 0 aliphatic heterocycles. The molecule has 100 valence electrons. The van der Waals surface area contributed by atoms with E-state index in [9.17, 15) is 4.79 Å². The van der Waals surface area contributed by atoms with Crippen LogP contribution in [0.5, 0.6) is 0 Å². The molecule has 20 heavy (non-hydrogen) atoms. The summed E-state index contributed by atoms with van der Waals surface area (Å²) in [6.45, 7) is 0. The lowest BCUT2D eigenvalue weighted by Gasteiger charge is -1.98. The van der Waals surface area contributed by atoms with E-state index >= 15 is 0 Å². The van der Waals surface area contributed by atoms with E-state index in [4.69, 9.17) is 0 Å². The molecule has 0 N–H and O–H groups in total. The summed E-state index contributed by atoms with van der Waals surface area (Å²) in [5, 5.41) is 0. The van der Waals surface area contributed by atoms with E-state index in [1.807, 2.05) is 42.5 Å². The zero-order valence-electron chi connectivity index (χ0n) is 11.2. The molecular formula is C17H15NO2. The minimum Gasteiger partial charge on any atom is -0.465 e. The van der Waals surface area contributed by atoms with Crippen LogP contribution in [0.3, 0.4) is 0 Å². The SMILES string of the molecule is COC(=O)c1ccc(N=CC=Cc2ccccc2)cc1. The van der Waals surface area contributed by atoms with Gasteiger partial charge in [0.15, 0.2) is 0 Å². The van der Waals surface area contributed by atoms with Gasteiger partial charge >= 0.3 is 5.97 Å². The second kappa shape index (κ2) is 7.04. The molecule has 3 heteroatoms. The fraction of sp³-hybridized carbons (Fsp3) is 0.0588. The summed E-state index contributed by atoms with van der Waals surface area (Å²) >= 11 is 0. The lowest BCUT2D eigenvalue weighted by Crippen LogP contribution is -1.99. The van der Waals surface area contributed by atoms with E-state index in [1.54, 1.807) is 30.5 Å². The third kappa shape index (κ3) is 3.92. The third-order valence-corrected chi connectivity index (χ3v) is 2.69. The van der Waals surface area contributed by atoms with E-state index in [0.717, 1.165) is 11.3 Å². The molecule has 3 nitrogen and oxygen atoms in total. The Labute approximate surface area is 118 Å². The van der Waals surface area contributed by atoms with Crippen molar-refractivity contribution >= 4 is 23.9 Å². The highest BCUT2D eigenvalue weighted by atomic mass is 16.5. The summed E-state index contributed by atoms with van der Waals surface area (Å²) in [5.74, 6) is -0.343. The molecule has 0 unspecified atom stereocenters. The molecule has 2 rings (SSSR count). The van der Waals surface area contributed by atoms with Gasteiger partial charge in [-0.2, -0.15) is 0 Å². The molecule has 0 saturated heterocycles. The minimum atomic E-state index is -0.343. The van der Waals surface area contributed by atoms with E-state index < -0.39 is 0 Å². The number of benzene rings is 2. The summed E-state index contributed by atoms with van der Waals surface area (Å²) in [6.07, 6.45) is 5.58. The molecule has 0 heterocycles. The molecule has 0 aliphatic rings. The molecule has 0 fully saturated rings. The lowest BCUT2D eigenvalue weighted by molar-refractivity contribution is 0.0601. The summed E-state index contributed by atoms with van der Waals surface area (Å²) in [4.78, 5) is 15.6. The number of allylic oxidation sites excluding steroid dienone is 1. The molecule has 0 atom stereocenters. The number of hydrogen-bond acceptors (Lipinski definition) is 3. The number of rotatable bonds is 4. The Morgan fingerprint density at radius 1 is 1.05 bits per heavy atom. The molecule has 2 aromatic carbocycles. The van der Waals surface area contributed by atoms with E-state index in [0.29, 0.717) is 5.56 Å². The largest absolute Gasteiger partial charge is 0.465 e. The third-order valence-electron chi connectivity index (χ3n) is 2.69. The maximum Gasteiger partial charge on any atom is 0.337 e. The van der Waals surface area contributed by atoms with Crippen LogP contribution in [0.1, 0.15) is 15.9 Å². The second-order valence-electron chi connectivity index (χ2n) is 4.09. The topological polar surface area (TPSA) is 38.7 Å². The zero-order chi connectivity index (χ0) is 14.2. The first-order valence-electron chi connectivity index (χ1n) is 6.24. The van der Waals surface area contributed by atoms with Crippen LogP contribution >= 0.6 is 0 Å². The van der Waals surface area contributed by atoms with Crippen molar-refractivity contribution in [3.05, 3.63) is 71.8 Å². The normalized spacial score (nSPS) is 11.1. The summed E-state index contributed by atoms with van der Waals surface area (Å²) < 4.78 is 4.64. The molecule has 0 radical (unpaired) electrons. The van der Waals surface area contributed by atoms with Crippen molar-refractivity contribution in [2.24, 2.45) is 4.99 Å². The van der Waals surface area contributed by atoms with Crippen molar-refractivity contribution in [3.8, 4) is 0 Å². The predicted molar refractivity (Wildman–Crippen MR) is 81.4 cm³/mol. The maximum absolute atomic E-state index is 11.3. The first kappa shape index (κ1) is 13.7. The van der Waals surface area contributed by atoms with Crippen LogP contribution in [-0.2, 0) is 4.74 Å². The molecule has 0 aliphatic carbocycles. The first-order chi connectivity index (χ1) is 9.79. The summed E-state index contributed by atoms with van der Waals surface area (Å²) in [7, 11) is 1.36. The van der Waals surface area contributed by atoms with Crippen LogP contribution in [0.4, 0.5) is 5.69 Å². The standard InChI is InChI=1S/C17H15NO2/c1-20-17(19)15-9-11-16(12-10-15)18-13-5-8-14-6-3-2-4-7-14/h2-13H,1H3. The van der Waals surface area contributed by atoms with Crippen LogP contribution in [0.15, 0.2) is 65.7 Å². The molecule has 0 aromatic heterocycles. The molecule has 0 amide bonds. The number of hydrogen-bond donors (Lipinski definition) is 0. The minimum absolute atomic E-state index is 0.343. The Bertz CT molecular complexity index is 613. The Morgan fingerprint density at radius 3 is 2.40 bits per heavy atom. The number of methoxy groups -OCH3 is 1. The van der Waals surface area contributed by atoms with Crippen molar-refractivity contribution in [1.82, 2.24) is 0 Å². The van der Waals surface area contributed by atoms with Crippen molar-refractivity contribution < 1.29 is 9.53 Å². The van der Waals surface area contributed by atoms with Gasteiger partial charge in [-0.05, 0) is 35.9 Å². The smallest absolute Gasteiger partial charge is 0.337 e. The van der Waals surface area contributed by atoms with E-state index in [-0.39, 0.29) is 5.97 Å². The Morgan fingerprint density at radius 2 is 1.75 bits per heavy atom. The van der Waals surface area contributed by atoms with Crippen LogP contribution in [0.25, 0.3) is 6.08 Å². The predicted octanol–water partition coefficient (Wildman–Crippen LogP) is 3.89. The number of carbonyl (C=O) groups excluding carboxylic acids is 1. The molecule has 0 spiro atoms. The van der Waals surface area contributed by atoms with Gasteiger partial charge in [-0.3, -0.25) is 4.99 Å². The number of esters is 1. The van der Waals surface area contributed by atoms with E-state index in [2.05, 4.69) is 9.73 Å². The number of carbonyl (C=O) groups is 1. The van der Waals surface area contributed by atoms with Gasteiger partial charge in [-0.15, -0.1) is 0 Å². The average Bonchev–Trinajstić information content (AvgIpc) is 2.52. The highest BCUT2D eigenvalue weighted by Crippen LogP contribution is 2.13. The highest BCUT2D eigenvalue weighted by molar-refractivity contribution is 5.89. The van der Waals surface area contributed by atoms with Crippen molar-refractivity contribution in [2.75, 3.05) is 7.11 Å². The van der Waals surface area contributed by atoms with Gasteiger partial charge in [-0.1, -0.05) is 36.4 Å². The van der Waals surface area contributed by atoms with Crippen molar-refractivity contribution in [2.45, 2.75) is 0 Å². The zero-order valence-corrected chi connectivity index (χ0v) is 11.2. The molecule has 0 saturated carbocycles. The van der Waals surface area contributed by atoms with Crippen LogP contribution in [0, 0.1) is 0 Å². The van der Waals surface area contributed by atoms with Gasteiger partial charge in [0, 0.05) is 6.21 Å². The van der Waals surface area contributed by atoms with Gasteiger partial charge in [0.25, 0.3) is 0 Å². The fourth-order valence-electron chi connectivity index (χ4n) is 1.65. The quantitative estimate of drug-likeness (QED) is 0.621. The van der Waals surface area contributed by atoms with Gasteiger partial charge in [-0.25, -0.2) is 4.79 Å². The van der Waals surface area contributed by atoms with Gasteiger partial charge in [0.2, 0.25) is 0 Å². The van der Waals surface area contributed by atoms with Gasteiger partial charge in [0.1, 0.15) is 0 Å². The van der Waals surface area contributed by atoms with Gasteiger partial charge < -0.3 is 4.74 Å². The van der Waals surface area contributed by atoms with E-state index in [1.165, 1.54) is 7.11 Å². The van der Waals surface area contributed by atoms with Crippen molar-refractivity contribution in [1.29, 1.82) is 0 Å². The number of nitrogens with zero attached hydrogens (tertiary/aromatic N) is 1. The first-order valence-corrected chi connectivity index (χ1v) is 6.24. The highest BCUT2D eigenvalue weighted by Gasteiger charge is 2.03. The lowest BCUT2D eigenvalue weighted by atomic mass is 10.2. The fourth-order valence-corrected chi connectivity index (χ4v) is 1.65. The molecule has 0 bridgehead atoms. The summed E-state index contributed by atoms with van der Waals surface area (Å²) in [6, 6.07) is 16.9. The number of ether oxygens (including phenoxy) is 1. The van der Waals surface area contributed by atoms with Crippen molar-refractivity contribution in [3.63, 3.8) is 0 Å². The molecular weight excluding hydrogens is 250 g/mol. The second-order valence-corrected chi connectivity index (χ2v) is 4.09. The average molecular weight is 265 g/mol. The maximum atomic E-state index is 11.3. The monoisotopic (exact) mass is 265 g/mol. The number of aliphatic imine (C=N–C) groups is 1. The van der Waals surface area contributed by atoms with Gasteiger partial charge in [0.05, 0.1) is 18.4 Å². The summed E-state index contributed by atoms with van der Waals surface area (Å²) in [5.41, 5.74) is 2.43. The Balaban J connectivity index is 1.98. The molecule has 2 aromatic rings. The van der Waals surface area contributed by atoms with Crippen LogP contribution < -0.4 is 0 Å². The van der Waals surface area contributed by atoms with Crippen LogP contribution in [0.2, 0.25) is 0 Å². The Kier molecular flexibility index (Phi) is 4.84.